The Balaban J connectivity index is 1.91. The molecule has 2 heterocycles. The van der Waals surface area contributed by atoms with E-state index in [9.17, 15) is 9.59 Å². The largest absolute Gasteiger partial charge is 0.478 e. The first kappa shape index (κ1) is 14.0. The number of nitrogens with one attached hydrogen (secondary N) is 2. The number of amides is 2. The minimum absolute atomic E-state index is 0.0247. The lowest BCUT2D eigenvalue weighted by molar-refractivity contribution is 0.0696. The maximum Gasteiger partial charge on any atom is 0.337 e. The number of thiophene rings is 1. The fraction of sp³-hybridized carbons (Fsp3) is 0.154. The highest BCUT2D eigenvalue weighted by molar-refractivity contribution is 7.11. The quantitative estimate of drug-likeness (QED) is 0.807. The molecule has 0 fully saturated rings. The zero-order chi connectivity index (χ0) is 14.5. The molecule has 0 atom stereocenters. The zero-order valence-corrected chi connectivity index (χ0v) is 11.5. The molecule has 20 heavy (non-hydrogen) atoms. The van der Waals surface area contributed by atoms with E-state index in [0.717, 1.165) is 4.88 Å². The molecule has 2 aromatic heterocycles. The van der Waals surface area contributed by atoms with Crippen LogP contribution in [0.5, 0.6) is 0 Å². The predicted octanol–water partition coefficient (Wildman–Crippen LogP) is 2.47. The lowest BCUT2D eigenvalue weighted by Crippen LogP contribution is -2.28. The normalized spacial score (nSPS) is 10.1. The van der Waals surface area contributed by atoms with Gasteiger partial charge in [0, 0.05) is 16.0 Å². The van der Waals surface area contributed by atoms with E-state index in [1.165, 1.54) is 23.3 Å². The van der Waals surface area contributed by atoms with Crippen LogP contribution in [0.4, 0.5) is 10.5 Å². The summed E-state index contributed by atoms with van der Waals surface area (Å²) in [6.07, 6.45) is 2.61. The summed E-state index contributed by atoms with van der Waals surface area (Å²) >= 11 is 1.61. The Bertz CT molecular complexity index is 639. The summed E-state index contributed by atoms with van der Waals surface area (Å²) in [7, 11) is 0. The number of nitrogens with zero attached hydrogens (tertiary/aromatic N) is 1. The second-order valence-corrected chi connectivity index (χ2v) is 5.46. The van der Waals surface area contributed by atoms with Crippen molar-refractivity contribution in [2.75, 3.05) is 5.32 Å². The van der Waals surface area contributed by atoms with Crippen molar-refractivity contribution < 1.29 is 14.7 Å². The number of carbonyl (C=O) groups is 2. The summed E-state index contributed by atoms with van der Waals surface area (Å²) in [5.41, 5.74) is 0.362. The molecule has 6 nitrogen and oxygen atoms in total. The van der Waals surface area contributed by atoms with E-state index >= 15 is 0 Å². The molecule has 104 valence electrons. The third-order valence-corrected chi connectivity index (χ3v) is 3.46. The van der Waals surface area contributed by atoms with E-state index in [-0.39, 0.29) is 5.56 Å². The van der Waals surface area contributed by atoms with Crippen molar-refractivity contribution in [2.24, 2.45) is 0 Å². The van der Waals surface area contributed by atoms with Crippen molar-refractivity contribution in [2.45, 2.75) is 13.5 Å². The van der Waals surface area contributed by atoms with Crippen LogP contribution in [0.1, 0.15) is 20.1 Å². The first-order valence-electron chi connectivity index (χ1n) is 5.83. The summed E-state index contributed by atoms with van der Waals surface area (Å²) in [6.45, 7) is 2.42. The van der Waals surface area contributed by atoms with Crippen LogP contribution in [-0.4, -0.2) is 22.1 Å². The Morgan fingerprint density at radius 1 is 1.35 bits per heavy atom. The molecule has 0 aliphatic rings. The van der Waals surface area contributed by atoms with Crippen LogP contribution in [0.3, 0.4) is 0 Å². The summed E-state index contributed by atoms with van der Waals surface area (Å²) in [6, 6.07) is 4.89. The predicted molar refractivity (Wildman–Crippen MR) is 76.1 cm³/mol. The standard InChI is InChI=1S/C13H13N3O3S/c1-8-2-3-11(20-8)7-15-13(19)16-10-4-9(12(17)18)5-14-6-10/h2-6H,7H2,1H3,(H,17,18)(H2,15,16,19). The number of anilines is 1. The smallest absolute Gasteiger partial charge is 0.337 e. The summed E-state index contributed by atoms with van der Waals surface area (Å²) in [5.74, 6) is -1.09. The molecule has 0 saturated heterocycles. The molecule has 0 aliphatic carbocycles. The Hall–Kier alpha value is -2.41. The third kappa shape index (κ3) is 3.79. The molecule has 0 bridgehead atoms. The van der Waals surface area contributed by atoms with Gasteiger partial charge in [0.1, 0.15) is 0 Å². The second kappa shape index (κ2) is 6.16. The van der Waals surface area contributed by atoms with Gasteiger partial charge < -0.3 is 15.7 Å². The number of aromatic carboxylic acids is 1. The Kier molecular flexibility index (Phi) is 4.31. The van der Waals surface area contributed by atoms with Crippen LogP contribution >= 0.6 is 11.3 Å². The third-order valence-electron chi connectivity index (χ3n) is 2.46. The number of carboxylic acid groups (broad SMARTS) is 1. The summed E-state index contributed by atoms with van der Waals surface area (Å²) in [5, 5.41) is 14.1. The van der Waals surface area contributed by atoms with Crippen LogP contribution in [0.2, 0.25) is 0 Å². The molecule has 0 aliphatic heterocycles. The van der Waals surface area contributed by atoms with E-state index in [2.05, 4.69) is 15.6 Å². The van der Waals surface area contributed by atoms with Gasteiger partial charge in [-0.25, -0.2) is 9.59 Å². The van der Waals surface area contributed by atoms with Crippen molar-refractivity contribution in [3.8, 4) is 0 Å². The number of carboxylic acids is 1. The average molecular weight is 291 g/mol. The fourth-order valence-corrected chi connectivity index (χ4v) is 2.38. The molecule has 0 saturated carbocycles. The van der Waals surface area contributed by atoms with Crippen LogP contribution in [0.25, 0.3) is 0 Å². The maximum atomic E-state index is 11.7. The Morgan fingerprint density at radius 3 is 2.80 bits per heavy atom. The van der Waals surface area contributed by atoms with Crippen molar-refractivity contribution in [3.05, 3.63) is 45.9 Å². The highest BCUT2D eigenvalue weighted by Crippen LogP contribution is 2.14. The zero-order valence-electron chi connectivity index (χ0n) is 10.7. The number of urea groups is 1. The van der Waals surface area contributed by atoms with E-state index in [4.69, 9.17) is 5.11 Å². The molecular weight excluding hydrogens is 278 g/mol. The maximum absolute atomic E-state index is 11.7. The van der Waals surface area contributed by atoms with Gasteiger partial charge in [0.05, 0.1) is 24.0 Å². The molecule has 2 rings (SSSR count). The molecule has 7 heteroatoms. The lowest BCUT2D eigenvalue weighted by atomic mass is 10.3. The van der Waals surface area contributed by atoms with Gasteiger partial charge >= 0.3 is 12.0 Å². The van der Waals surface area contributed by atoms with Gasteiger partial charge in [0.15, 0.2) is 0 Å². The molecule has 0 radical (unpaired) electrons. The topological polar surface area (TPSA) is 91.3 Å². The highest BCUT2D eigenvalue weighted by Gasteiger charge is 2.07. The van der Waals surface area contributed by atoms with Gasteiger partial charge in [-0.05, 0) is 25.1 Å². The Labute approximate surface area is 119 Å². The van der Waals surface area contributed by atoms with E-state index in [1.54, 1.807) is 11.3 Å². The number of pyridine rings is 1. The van der Waals surface area contributed by atoms with Crippen molar-refractivity contribution >= 4 is 29.0 Å². The minimum atomic E-state index is -1.09. The van der Waals surface area contributed by atoms with E-state index < -0.39 is 12.0 Å². The number of hydrogen-bond acceptors (Lipinski definition) is 4. The van der Waals surface area contributed by atoms with Crippen molar-refractivity contribution in [3.63, 3.8) is 0 Å². The molecule has 0 unspecified atom stereocenters. The number of rotatable bonds is 4. The van der Waals surface area contributed by atoms with E-state index in [0.29, 0.717) is 12.2 Å². The first-order valence-corrected chi connectivity index (χ1v) is 6.65. The number of aromatic nitrogens is 1. The average Bonchev–Trinajstić information content (AvgIpc) is 2.82. The van der Waals surface area contributed by atoms with Crippen LogP contribution < -0.4 is 10.6 Å². The molecule has 2 aromatic rings. The SMILES string of the molecule is Cc1ccc(CNC(=O)Nc2cncc(C(=O)O)c2)s1. The molecular formula is C13H13N3O3S. The van der Waals surface area contributed by atoms with Gasteiger partial charge in [-0.1, -0.05) is 0 Å². The first-order chi connectivity index (χ1) is 9.54. The number of aryl methyl sites for hydroxylation is 1. The van der Waals surface area contributed by atoms with Crippen molar-refractivity contribution in [1.29, 1.82) is 0 Å². The molecule has 3 N–H and O–H groups in total. The van der Waals surface area contributed by atoms with Gasteiger partial charge in [0.2, 0.25) is 0 Å². The molecule has 2 amide bonds. The summed E-state index contributed by atoms with van der Waals surface area (Å²) in [4.78, 5) is 28.5. The van der Waals surface area contributed by atoms with Gasteiger partial charge in [-0.2, -0.15) is 0 Å². The fourth-order valence-electron chi connectivity index (χ4n) is 1.55. The highest BCUT2D eigenvalue weighted by atomic mass is 32.1. The molecule has 0 spiro atoms. The van der Waals surface area contributed by atoms with Gasteiger partial charge in [0.25, 0.3) is 0 Å². The number of hydrogen-bond donors (Lipinski definition) is 3. The number of carbonyl (C=O) groups excluding carboxylic acids is 1. The Morgan fingerprint density at radius 2 is 2.15 bits per heavy atom. The van der Waals surface area contributed by atoms with E-state index in [1.807, 2.05) is 19.1 Å². The second-order valence-electron chi connectivity index (χ2n) is 4.09. The van der Waals surface area contributed by atoms with Crippen LogP contribution in [0, 0.1) is 6.92 Å². The monoisotopic (exact) mass is 291 g/mol. The lowest BCUT2D eigenvalue weighted by Gasteiger charge is -2.06. The van der Waals surface area contributed by atoms with Crippen LogP contribution in [-0.2, 0) is 6.54 Å². The van der Waals surface area contributed by atoms with Crippen LogP contribution in [0.15, 0.2) is 30.6 Å². The van der Waals surface area contributed by atoms with Gasteiger partial charge in [-0.3, -0.25) is 4.98 Å². The van der Waals surface area contributed by atoms with Gasteiger partial charge in [-0.15, -0.1) is 11.3 Å². The minimum Gasteiger partial charge on any atom is -0.478 e. The molecule has 0 aromatic carbocycles. The summed E-state index contributed by atoms with van der Waals surface area (Å²) < 4.78 is 0. The van der Waals surface area contributed by atoms with Crippen molar-refractivity contribution in [1.82, 2.24) is 10.3 Å².